The molecule has 3 aromatic heterocycles. The molecular weight excluding hydrogens is 618 g/mol. The van der Waals surface area contributed by atoms with Crippen LogP contribution in [-0.2, 0) is 27.5 Å². The van der Waals surface area contributed by atoms with E-state index >= 15 is 0 Å². The summed E-state index contributed by atoms with van der Waals surface area (Å²) in [6.07, 6.45) is 2.42. The van der Waals surface area contributed by atoms with Crippen LogP contribution >= 0.6 is 15.9 Å². The van der Waals surface area contributed by atoms with Crippen molar-refractivity contribution in [3.8, 4) is 17.1 Å². The molecule has 1 aliphatic heterocycles. The SMILES string of the molecule is CCS(=O)(=O)N1CC[C@H](Nc2c(Br)cnc3[nH]c(-c4cc(C)n(-c5ccc(CN[SH](=O)=O)cc5C)c4C)nc23)C1. The van der Waals surface area contributed by atoms with E-state index in [2.05, 4.69) is 46.6 Å². The summed E-state index contributed by atoms with van der Waals surface area (Å²) in [6.45, 7) is 8.90. The van der Waals surface area contributed by atoms with E-state index in [1.54, 1.807) is 13.1 Å². The number of pyridine rings is 1. The molecular formula is C26H32BrN7O4S2. The molecule has 1 fully saturated rings. The zero-order chi connectivity index (χ0) is 28.8. The van der Waals surface area contributed by atoms with Gasteiger partial charge in [0.05, 0.1) is 15.9 Å². The molecule has 0 radical (unpaired) electrons. The van der Waals surface area contributed by atoms with E-state index < -0.39 is 20.9 Å². The normalized spacial score (nSPS) is 16.4. The van der Waals surface area contributed by atoms with Gasteiger partial charge in [0, 0.05) is 54.5 Å². The molecule has 214 valence electrons. The molecule has 14 heteroatoms. The predicted molar refractivity (Wildman–Crippen MR) is 161 cm³/mol. The molecule has 0 aliphatic carbocycles. The number of imidazole rings is 1. The summed E-state index contributed by atoms with van der Waals surface area (Å²) >= 11 is 3.60. The van der Waals surface area contributed by atoms with Crippen LogP contribution in [0.25, 0.3) is 28.2 Å². The fourth-order valence-corrected chi connectivity index (χ4v) is 7.16. The number of H-pyrrole nitrogens is 1. The number of aryl methyl sites for hydroxylation is 2. The zero-order valence-electron chi connectivity index (χ0n) is 22.7. The first-order valence-electron chi connectivity index (χ1n) is 12.9. The van der Waals surface area contributed by atoms with Crippen molar-refractivity contribution in [2.75, 3.05) is 24.2 Å². The van der Waals surface area contributed by atoms with Gasteiger partial charge in [-0.15, -0.1) is 0 Å². The highest BCUT2D eigenvalue weighted by atomic mass is 79.9. The van der Waals surface area contributed by atoms with Crippen LogP contribution < -0.4 is 10.0 Å². The van der Waals surface area contributed by atoms with Gasteiger partial charge >= 0.3 is 0 Å². The summed E-state index contributed by atoms with van der Waals surface area (Å²) in [6, 6.07) is 7.94. The Bertz CT molecular complexity index is 1770. The number of sulfonamides is 1. The molecule has 1 aromatic carbocycles. The Hall–Kier alpha value is -2.78. The van der Waals surface area contributed by atoms with Gasteiger partial charge in [0.15, 0.2) is 5.65 Å². The smallest absolute Gasteiger partial charge is 0.213 e. The Morgan fingerprint density at radius 3 is 2.67 bits per heavy atom. The Labute approximate surface area is 243 Å². The van der Waals surface area contributed by atoms with E-state index in [-0.39, 0.29) is 18.3 Å². The summed E-state index contributed by atoms with van der Waals surface area (Å²) in [5.41, 5.74) is 7.96. The molecule has 1 atom stereocenters. The molecule has 0 unspecified atom stereocenters. The minimum absolute atomic E-state index is 0.0381. The van der Waals surface area contributed by atoms with Crippen LogP contribution in [0.1, 0.15) is 35.9 Å². The third-order valence-corrected chi connectivity index (χ3v) is 10.2. The van der Waals surface area contributed by atoms with Gasteiger partial charge in [0.1, 0.15) is 11.3 Å². The van der Waals surface area contributed by atoms with Crippen LogP contribution in [0.2, 0.25) is 0 Å². The number of fused-ring (bicyclic) bond motifs is 1. The number of hydrogen-bond donors (Lipinski definition) is 4. The van der Waals surface area contributed by atoms with E-state index in [1.165, 1.54) is 4.31 Å². The fourth-order valence-electron chi connectivity index (χ4n) is 5.29. The molecule has 11 nitrogen and oxygen atoms in total. The monoisotopic (exact) mass is 649 g/mol. The van der Waals surface area contributed by atoms with Gasteiger partial charge in [-0.25, -0.2) is 31.5 Å². The van der Waals surface area contributed by atoms with Crippen molar-refractivity contribution in [1.29, 1.82) is 0 Å². The molecule has 0 spiro atoms. The zero-order valence-corrected chi connectivity index (χ0v) is 26.0. The second-order valence-corrected chi connectivity index (χ2v) is 13.9. The first-order chi connectivity index (χ1) is 19.0. The molecule has 1 saturated heterocycles. The van der Waals surface area contributed by atoms with Crippen molar-refractivity contribution < 1.29 is 16.8 Å². The first kappa shape index (κ1) is 28.7. The molecule has 3 N–H and O–H groups in total. The number of anilines is 1. The third-order valence-electron chi connectivity index (χ3n) is 7.33. The maximum absolute atomic E-state index is 12.3. The van der Waals surface area contributed by atoms with Crippen LogP contribution in [0.5, 0.6) is 0 Å². The highest BCUT2D eigenvalue weighted by Crippen LogP contribution is 2.35. The van der Waals surface area contributed by atoms with Gasteiger partial charge < -0.3 is 14.9 Å². The second kappa shape index (κ2) is 11.2. The van der Waals surface area contributed by atoms with E-state index in [4.69, 9.17) is 4.98 Å². The first-order valence-corrected chi connectivity index (χ1v) is 16.5. The van der Waals surface area contributed by atoms with Crippen LogP contribution in [0.3, 0.4) is 0 Å². The lowest BCUT2D eigenvalue weighted by Gasteiger charge is -2.17. The number of thiol groups is 1. The van der Waals surface area contributed by atoms with Gasteiger partial charge in [0.25, 0.3) is 0 Å². The summed E-state index contributed by atoms with van der Waals surface area (Å²) in [5.74, 6) is 0.775. The van der Waals surface area contributed by atoms with Crippen molar-refractivity contribution in [3.63, 3.8) is 0 Å². The fraction of sp³-hybridized carbons (Fsp3) is 0.385. The maximum atomic E-state index is 12.3. The average molecular weight is 651 g/mol. The number of benzene rings is 1. The molecule has 40 heavy (non-hydrogen) atoms. The highest BCUT2D eigenvalue weighted by molar-refractivity contribution is 9.10. The Morgan fingerprint density at radius 1 is 1.20 bits per heavy atom. The summed E-state index contributed by atoms with van der Waals surface area (Å²) in [7, 11) is -5.88. The topological polar surface area (TPSA) is 142 Å². The molecule has 0 amide bonds. The average Bonchev–Trinajstić information content (AvgIpc) is 3.63. The van der Waals surface area contributed by atoms with Crippen molar-refractivity contribution in [2.24, 2.45) is 0 Å². The lowest BCUT2D eigenvalue weighted by molar-refractivity contribution is 0.476. The molecule has 4 heterocycles. The van der Waals surface area contributed by atoms with Crippen LogP contribution in [-0.4, -0.2) is 65.5 Å². The number of nitrogens with zero attached hydrogens (tertiary/aromatic N) is 4. The number of aromatic amines is 1. The minimum Gasteiger partial charge on any atom is -0.378 e. The standard InChI is InChI=1S/C26H32BrN7O4S2/c1-5-40(37,38)33-9-8-19(14-33)30-23-21(27)13-28-26-24(23)31-25(32-26)20-11-16(3)34(17(20)4)22-7-6-18(10-15(22)2)12-29-39(35)36/h6-7,10-11,13,19,39H,5,8-9,12,14H2,1-4H3,(H,29,35,36)(H2,28,30,31,32)/t19-/m0/s1. The number of nitrogens with one attached hydrogen (secondary N) is 3. The molecule has 5 rings (SSSR count). The van der Waals surface area contributed by atoms with Gasteiger partial charge in [-0.3, -0.25) is 0 Å². The number of rotatable bonds is 9. The van der Waals surface area contributed by atoms with E-state index in [1.807, 2.05) is 39.0 Å². The van der Waals surface area contributed by atoms with Gasteiger partial charge in [0.2, 0.25) is 20.9 Å². The van der Waals surface area contributed by atoms with E-state index in [9.17, 15) is 16.8 Å². The second-order valence-electron chi connectivity index (χ2n) is 9.99. The summed E-state index contributed by atoms with van der Waals surface area (Å²) in [5, 5.41) is 3.51. The number of halogens is 1. The quantitative estimate of drug-likeness (QED) is 0.203. The van der Waals surface area contributed by atoms with Crippen molar-refractivity contribution >= 4 is 53.7 Å². The van der Waals surface area contributed by atoms with Crippen LogP contribution in [0, 0.1) is 20.8 Å². The third kappa shape index (κ3) is 5.55. The molecule has 0 bridgehead atoms. The summed E-state index contributed by atoms with van der Waals surface area (Å²) in [4.78, 5) is 12.8. The molecule has 0 saturated carbocycles. The molecule has 1 aliphatic rings. The van der Waals surface area contributed by atoms with Crippen molar-refractivity contribution in [1.82, 2.24) is 28.5 Å². The largest absolute Gasteiger partial charge is 0.378 e. The maximum Gasteiger partial charge on any atom is 0.213 e. The van der Waals surface area contributed by atoms with Crippen molar-refractivity contribution in [3.05, 3.63) is 57.4 Å². The minimum atomic E-state index is -3.23. The number of aromatic nitrogens is 4. The van der Waals surface area contributed by atoms with E-state index in [0.717, 1.165) is 43.9 Å². The molecule has 4 aromatic rings. The lowest BCUT2D eigenvalue weighted by atomic mass is 10.1. The Kier molecular flexibility index (Phi) is 8.08. The Morgan fingerprint density at radius 2 is 1.98 bits per heavy atom. The van der Waals surface area contributed by atoms with Crippen molar-refractivity contribution in [2.45, 2.75) is 46.7 Å². The summed E-state index contributed by atoms with van der Waals surface area (Å²) < 4.78 is 53.4. The van der Waals surface area contributed by atoms with Crippen LogP contribution in [0.4, 0.5) is 5.69 Å². The highest BCUT2D eigenvalue weighted by Gasteiger charge is 2.31. The van der Waals surface area contributed by atoms with Crippen LogP contribution in [0.15, 0.2) is 34.9 Å². The van der Waals surface area contributed by atoms with Gasteiger partial charge in [-0.05, 0) is 73.3 Å². The Balaban J connectivity index is 1.46. The lowest BCUT2D eigenvalue weighted by Crippen LogP contribution is -2.32. The number of hydrogen-bond acceptors (Lipinski definition) is 7. The van der Waals surface area contributed by atoms with Gasteiger partial charge in [-0.1, -0.05) is 12.1 Å². The predicted octanol–water partition coefficient (Wildman–Crippen LogP) is 3.56. The van der Waals surface area contributed by atoms with Gasteiger partial charge in [-0.2, -0.15) is 4.31 Å². The van der Waals surface area contributed by atoms with E-state index in [0.29, 0.717) is 36.5 Å².